The number of amides is 1. The number of piperidine rings is 1. The largest absolute Gasteiger partial charge is 0.498 e. The zero-order valence-corrected chi connectivity index (χ0v) is 19.1. The van der Waals surface area contributed by atoms with Crippen LogP contribution in [0.5, 0.6) is 0 Å². The first-order valence-corrected chi connectivity index (χ1v) is 12.0. The second-order valence-corrected chi connectivity index (χ2v) is 11.1. The van der Waals surface area contributed by atoms with Crippen LogP contribution in [0.25, 0.3) is 0 Å². The van der Waals surface area contributed by atoms with Gasteiger partial charge in [0.05, 0.1) is 23.6 Å². The Labute approximate surface area is 183 Å². The number of carbonyl (C=O) groups excluding carboxylic acids is 1. The summed E-state index contributed by atoms with van der Waals surface area (Å²) in [4.78, 5) is 21.5. The number of aliphatic hydroxyl groups is 2. The molecule has 31 heavy (non-hydrogen) atoms. The molecule has 0 unspecified atom stereocenters. The second kappa shape index (κ2) is 8.74. The van der Waals surface area contributed by atoms with Crippen molar-refractivity contribution < 1.29 is 32.7 Å². The van der Waals surface area contributed by atoms with Gasteiger partial charge in [0.2, 0.25) is 15.0 Å². The maximum atomic E-state index is 12.8. The molecule has 10 nitrogen and oxygen atoms in total. The molecule has 2 N–H and O–H groups in total. The smallest absolute Gasteiger partial charge is 0.399 e. The first kappa shape index (κ1) is 24.1. The van der Waals surface area contributed by atoms with Crippen molar-refractivity contribution in [1.29, 1.82) is 0 Å². The molecule has 0 spiro atoms. The third-order valence-electron chi connectivity index (χ3n) is 6.29. The quantitative estimate of drug-likeness (QED) is 0.414. The summed E-state index contributed by atoms with van der Waals surface area (Å²) in [6.07, 6.45) is 2.36. The minimum Gasteiger partial charge on any atom is -0.399 e. The highest BCUT2D eigenvalue weighted by Crippen LogP contribution is 2.36. The van der Waals surface area contributed by atoms with E-state index in [1.165, 1.54) is 17.3 Å². The lowest BCUT2D eigenvalue weighted by atomic mass is 9.81. The van der Waals surface area contributed by atoms with Crippen LogP contribution < -0.4 is 5.46 Å². The van der Waals surface area contributed by atoms with Crippen molar-refractivity contribution in [3.63, 3.8) is 0 Å². The molecule has 0 bridgehead atoms. The van der Waals surface area contributed by atoms with Gasteiger partial charge in [-0.1, -0.05) is 0 Å². The van der Waals surface area contributed by atoms with E-state index >= 15 is 0 Å². The van der Waals surface area contributed by atoms with E-state index in [0.29, 0.717) is 31.4 Å². The zero-order chi connectivity index (χ0) is 23.0. The number of hydrogen-bond donors (Lipinski definition) is 2. The summed E-state index contributed by atoms with van der Waals surface area (Å²) in [5.41, 5.74) is -0.496. The number of nitrogens with zero attached hydrogens (tertiary/aromatic N) is 3. The molecule has 0 saturated carbocycles. The summed E-state index contributed by atoms with van der Waals surface area (Å²) in [6, 6.07) is 0. The van der Waals surface area contributed by atoms with E-state index in [9.17, 15) is 18.3 Å². The number of aromatic nitrogens is 2. The number of hydrogen-bond acceptors (Lipinski definition) is 9. The van der Waals surface area contributed by atoms with Crippen LogP contribution in [0.2, 0.25) is 0 Å². The van der Waals surface area contributed by atoms with E-state index in [2.05, 4.69) is 9.97 Å². The summed E-state index contributed by atoms with van der Waals surface area (Å²) in [6.45, 7) is 7.74. The molecule has 2 aliphatic heterocycles. The minimum absolute atomic E-state index is 0.118. The molecule has 3 heterocycles. The fourth-order valence-corrected chi connectivity index (χ4v) is 5.11. The van der Waals surface area contributed by atoms with Crippen LogP contribution in [0.15, 0.2) is 17.6 Å². The van der Waals surface area contributed by atoms with Crippen LogP contribution >= 0.6 is 0 Å². The fraction of sp³-hybridized carbons (Fsp3) is 0.737. The Morgan fingerprint density at radius 2 is 1.71 bits per heavy atom. The van der Waals surface area contributed by atoms with Gasteiger partial charge in [-0.25, -0.2) is 18.4 Å². The van der Waals surface area contributed by atoms with Gasteiger partial charge in [0.1, 0.15) is 0 Å². The van der Waals surface area contributed by atoms with Crippen molar-refractivity contribution in [2.24, 2.45) is 5.92 Å². The number of rotatable bonds is 6. The van der Waals surface area contributed by atoms with Crippen LogP contribution in [0.1, 0.15) is 40.5 Å². The van der Waals surface area contributed by atoms with Gasteiger partial charge in [0.25, 0.3) is 5.91 Å². The molecule has 172 valence electrons. The molecule has 12 heteroatoms. The van der Waals surface area contributed by atoms with Crippen LogP contribution in [0.3, 0.4) is 0 Å². The molecule has 1 amide bonds. The summed E-state index contributed by atoms with van der Waals surface area (Å²) in [5.74, 6) is -0.801. The SMILES string of the molecule is CC1(C)OB(c2cnc(S(=O)(=O)CC3CCN(C(=O)[C@@H](O)CO)CC3)nc2)OC1(C)C. The van der Waals surface area contributed by atoms with Crippen LogP contribution in [-0.4, -0.2) is 89.3 Å². The molecular formula is C19H30BN3O7S. The molecule has 3 rings (SSSR count). The van der Waals surface area contributed by atoms with Gasteiger partial charge in [0, 0.05) is 30.9 Å². The Hall–Kier alpha value is -1.60. The van der Waals surface area contributed by atoms with Crippen molar-refractivity contribution in [1.82, 2.24) is 14.9 Å². The molecule has 0 aromatic carbocycles. The lowest BCUT2D eigenvalue weighted by Gasteiger charge is -2.32. The van der Waals surface area contributed by atoms with E-state index in [0.717, 1.165) is 0 Å². The number of likely N-dealkylation sites (tertiary alicyclic amines) is 1. The van der Waals surface area contributed by atoms with Crippen molar-refractivity contribution >= 4 is 28.3 Å². The summed E-state index contributed by atoms with van der Waals surface area (Å²) in [7, 11) is -4.37. The normalized spacial score (nSPS) is 22.5. The van der Waals surface area contributed by atoms with Crippen LogP contribution in [0, 0.1) is 5.92 Å². The number of sulfone groups is 1. The molecule has 0 radical (unpaired) electrons. The van der Waals surface area contributed by atoms with Gasteiger partial charge in [-0.3, -0.25) is 4.79 Å². The molecular weight excluding hydrogens is 425 g/mol. The third kappa shape index (κ3) is 5.09. The second-order valence-electron chi connectivity index (χ2n) is 9.14. The van der Waals surface area contributed by atoms with E-state index in [1.807, 2.05) is 27.7 Å². The maximum absolute atomic E-state index is 12.8. The Balaban J connectivity index is 1.60. The predicted octanol–water partition coefficient (Wildman–Crippen LogP) is -0.859. The number of aliphatic hydroxyl groups excluding tert-OH is 2. The molecule has 2 aliphatic rings. The van der Waals surface area contributed by atoms with E-state index in [4.69, 9.17) is 14.4 Å². The van der Waals surface area contributed by atoms with Gasteiger partial charge < -0.3 is 24.4 Å². The van der Waals surface area contributed by atoms with E-state index in [1.54, 1.807) is 0 Å². The molecule has 2 fully saturated rings. The first-order chi connectivity index (χ1) is 14.4. The number of carbonyl (C=O) groups is 1. The van der Waals surface area contributed by atoms with E-state index in [-0.39, 0.29) is 16.8 Å². The third-order valence-corrected chi connectivity index (χ3v) is 7.97. The van der Waals surface area contributed by atoms with Crippen LogP contribution in [0.4, 0.5) is 0 Å². The standard InChI is InChI=1S/C19H30BN3O7S/c1-18(2)19(3,4)30-20(29-18)14-9-21-17(22-10-14)31(27,28)12-13-5-7-23(8-6-13)16(26)15(25)11-24/h9-10,13,15,24-25H,5-8,11-12H2,1-4H3/t15-/m0/s1. The Morgan fingerprint density at radius 3 is 2.19 bits per heavy atom. The lowest BCUT2D eigenvalue weighted by molar-refractivity contribution is -0.143. The van der Waals surface area contributed by atoms with Crippen molar-refractivity contribution in [2.75, 3.05) is 25.4 Å². The zero-order valence-electron chi connectivity index (χ0n) is 18.3. The van der Waals surface area contributed by atoms with Crippen molar-refractivity contribution in [2.45, 2.75) is 63.0 Å². The van der Waals surface area contributed by atoms with Gasteiger partial charge in [-0.15, -0.1) is 0 Å². The molecule has 1 aromatic heterocycles. The Bertz CT molecular complexity index is 884. The summed E-state index contributed by atoms with van der Waals surface area (Å²) >= 11 is 0. The highest BCUT2D eigenvalue weighted by molar-refractivity contribution is 7.91. The average molecular weight is 455 g/mol. The lowest BCUT2D eigenvalue weighted by Crippen LogP contribution is -2.45. The fourth-order valence-electron chi connectivity index (χ4n) is 3.58. The van der Waals surface area contributed by atoms with Gasteiger partial charge in [-0.2, -0.15) is 0 Å². The summed E-state index contributed by atoms with van der Waals surface area (Å²) < 4.78 is 37.4. The van der Waals surface area contributed by atoms with Gasteiger partial charge in [0.15, 0.2) is 6.10 Å². The van der Waals surface area contributed by atoms with E-state index < -0.39 is 46.8 Å². The van der Waals surface area contributed by atoms with Crippen molar-refractivity contribution in [3.05, 3.63) is 12.4 Å². The predicted molar refractivity (Wildman–Crippen MR) is 112 cm³/mol. The highest BCUT2D eigenvalue weighted by Gasteiger charge is 2.52. The topological polar surface area (TPSA) is 139 Å². The van der Waals surface area contributed by atoms with Crippen molar-refractivity contribution in [3.8, 4) is 0 Å². The Kier molecular flexibility index (Phi) is 6.78. The molecule has 2 saturated heterocycles. The van der Waals surface area contributed by atoms with Gasteiger partial charge in [-0.05, 0) is 46.5 Å². The van der Waals surface area contributed by atoms with Crippen LogP contribution in [-0.2, 0) is 23.9 Å². The minimum atomic E-state index is -3.70. The monoisotopic (exact) mass is 455 g/mol. The molecule has 0 aliphatic carbocycles. The average Bonchev–Trinajstić information content (AvgIpc) is 2.94. The highest BCUT2D eigenvalue weighted by atomic mass is 32.2. The molecule has 1 atom stereocenters. The maximum Gasteiger partial charge on any atom is 0.498 e. The summed E-state index contributed by atoms with van der Waals surface area (Å²) in [5, 5.41) is 18.1. The first-order valence-electron chi connectivity index (χ1n) is 10.3. The van der Waals surface area contributed by atoms with Gasteiger partial charge >= 0.3 is 7.12 Å². The Morgan fingerprint density at radius 1 is 1.19 bits per heavy atom. The molecule has 1 aromatic rings.